The first-order valence-electron chi connectivity index (χ1n) is 5.36. The smallest absolute Gasteiger partial charge is 0.374 e. The zero-order valence-corrected chi connectivity index (χ0v) is 10.5. The highest BCUT2D eigenvalue weighted by molar-refractivity contribution is 6.60. The molecular weight excluding hydrogens is 198 g/mol. The van der Waals surface area contributed by atoms with E-state index < -0.39 is 8.80 Å². The van der Waals surface area contributed by atoms with Crippen LogP contribution in [-0.2, 0) is 13.3 Å². The van der Waals surface area contributed by atoms with Crippen LogP contribution in [-0.4, -0.2) is 35.2 Å². The van der Waals surface area contributed by atoms with Crippen LogP contribution < -0.4 is 5.73 Å². The summed E-state index contributed by atoms with van der Waals surface area (Å²) in [5, 5.41) is 0. The molecule has 0 heterocycles. The summed E-state index contributed by atoms with van der Waals surface area (Å²) in [6.45, 7) is 8.45. The molecular formula is C9H23NO3Si. The van der Waals surface area contributed by atoms with Crippen molar-refractivity contribution < 1.29 is 13.3 Å². The van der Waals surface area contributed by atoms with Gasteiger partial charge >= 0.3 is 8.80 Å². The monoisotopic (exact) mass is 221 g/mol. The van der Waals surface area contributed by atoms with E-state index in [2.05, 4.69) is 6.92 Å². The number of rotatable bonds is 9. The Labute approximate surface area is 88.1 Å². The van der Waals surface area contributed by atoms with E-state index in [-0.39, 0.29) is 0 Å². The van der Waals surface area contributed by atoms with Crippen molar-refractivity contribution in [2.24, 2.45) is 5.73 Å². The second kappa shape index (κ2) is 8.37. The van der Waals surface area contributed by atoms with Gasteiger partial charge in [-0.25, -0.2) is 0 Å². The van der Waals surface area contributed by atoms with Crippen molar-refractivity contribution in [3.63, 3.8) is 0 Å². The summed E-state index contributed by atoms with van der Waals surface area (Å²) in [7, 11) is -2.44. The molecule has 14 heavy (non-hydrogen) atoms. The van der Waals surface area contributed by atoms with E-state index >= 15 is 0 Å². The number of hydrogen-bond donors (Lipinski definition) is 1. The van der Waals surface area contributed by atoms with Crippen molar-refractivity contribution in [1.29, 1.82) is 0 Å². The molecule has 0 aliphatic carbocycles. The van der Waals surface area contributed by atoms with E-state index in [0.29, 0.717) is 32.4 Å². The Kier molecular flexibility index (Phi) is 8.41. The van der Waals surface area contributed by atoms with E-state index in [9.17, 15) is 0 Å². The molecule has 0 aliphatic rings. The summed E-state index contributed by atoms with van der Waals surface area (Å²) in [5.41, 5.74) is 5.54. The van der Waals surface area contributed by atoms with Gasteiger partial charge in [0.05, 0.1) is 0 Å². The lowest BCUT2D eigenvalue weighted by atomic mass is 10.5. The Bertz CT molecular complexity index is 118. The minimum absolute atomic E-state index is 0.552. The summed E-state index contributed by atoms with van der Waals surface area (Å²) in [5.74, 6) is 0. The molecule has 0 saturated heterocycles. The molecule has 0 rings (SSSR count). The van der Waals surface area contributed by atoms with Gasteiger partial charge in [0, 0.05) is 25.9 Å². The van der Waals surface area contributed by atoms with Crippen LogP contribution in [0.3, 0.4) is 0 Å². The van der Waals surface area contributed by atoms with E-state index in [1.54, 1.807) is 0 Å². The Morgan fingerprint density at radius 3 is 1.93 bits per heavy atom. The number of hydrogen-bond acceptors (Lipinski definition) is 4. The van der Waals surface area contributed by atoms with Crippen LogP contribution in [0.15, 0.2) is 0 Å². The van der Waals surface area contributed by atoms with Crippen LogP contribution in [0.25, 0.3) is 0 Å². The topological polar surface area (TPSA) is 53.7 Å². The first kappa shape index (κ1) is 14.1. The predicted molar refractivity (Wildman–Crippen MR) is 59.1 cm³/mol. The Balaban J connectivity index is 4.21. The van der Waals surface area contributed by atoms with Gasteiger partial charge in [0.15, 0.2) is 0 Å². The average Bonchev–Trinajstić information content (AvgIpc) is 2.16. The highest BCUT2D eigenvalue weighted by atomic mass is 28.4. The molecule has 2 N–H and O–H groups in total. The quantitative estimate of drug-likeness (QED) is 0.598. The molecule has 0 aromatic heterocycles. The fourth-order valence-corrected chi connectivity index (χ4v) is 3.65. The zero-order valence-electron chi connectivity index (χ0n) is 9.54. The largest absolute Gasteiger partial charge is 0.502 e. The Hall–Kier alpha value is 0.0569. The lowest BCUT2D eigenvalue weighted by Gasteiger charge is -2.28. The van der Waals surface area contributed by atoms with E-state index in [1.165, 1.54) is 0 Å². The summed E-state index contributed by atoms with van der Waals surface area (Å²) >= 11 is 0. The minimum Gasteiger partial charge on any atom is -0.374 e. The van der Waals surface area contributed by atoms with Crippen molar-refractivity contribution in [2.45, 2.75) is 33.2 Å². The van der Waals surface area contributed by atoms with Crippen molar-refractivity contribution in [3.8, 4) is 0 Å². The molecule has 0 amide bonds. The van der Waals surface area contributed by atoms with Crippen LogP contribution in [0.4, 0.5) is 0 Å². The third-order valence-corrected chi connectivity index (χ3v) is 4.71. The lowest BCUT2D eigenvalue weighted by Crippen LogP contribution is -2.47. The fraction of sp³-hybridized carbons (Fsp3) is 1.00. The van der Waals surface area contributed by atoms with Crippen LogP contribution >= 0.6 is 0 Å². The van der Waals surface area contributed by atoms with Crippen molar-refractivity contribution in [3.05, 3.63) is 0 Å². The van der Waals surface area contributed by atoms with Crippen molar-refractivity contribution in [2.75, 3.05) is 26.4 Å². The third-order valence-electron chi connectivity index (χ3n) is 1.71. The molecule has 0 aromatic rings. The maximum Gasteiger partial charge on any atom is 0.502 e. The van der Waals surface area contributed by atoms with E-state index in [1.807, 2.05) is 13.8 Å². The van der Waals surface area contributed by atoms with Crippen LogP contribution in [0.1, 0.15) is 27.2 Å². The van der Waals surface area contributed by atoms with Gasteiger partial charge < -0.3 is 19.0 Å². The van der Waals surface area contributed by atoms with Gasteiger partial charge in [0.25, 0.3) is 0 Å². The molecule has 0 aliphatic heterocycles. The maximum absolute atomic E-state index is 5.71. The standard InChI is InChI=1S/C9H23NO3Si/c1-4-8-13-14(9-7-10,11-5-2)12-6-3/h4-10H2,1-3H3. The highest BCUT2D eigenvalue weighted by Gasteiger charge is 2.39. The van der Waals surface area contributed by atoms with Gasteiger partial charge in [0.1, 0.15) is 0 Å². The molecule has 0 radical (unpaired) electrons. The van der Waals surface area contributed by atoms with Gasteiger partial charge in [-0.15, -0.1) is 0 Å². The van der Waals surface area contributed by atoms with Crippen LogP contribution in [0.2, 0.25) is 6.04 Å². The molecule has 0 spiro atoms. The van der Waals surface area contributed by atoms with Gasteiger partial charge in [-0.05, 0) is 26.8 Å². The minimum atomic E-state index is -2.44. The lowest BCUT2D eigenvalue weighted by molar-refractivity contribution is 0.0678. The summed E-state index contributed by atoms with van der Waals surface area (Å²) < 4.78 is 17.0. The normalized spacial score (nSPS) is 12.0. The molecule has 0 saturated carbocycles. The SMILES string of the molecule is CCCO[Si](CCN)(OCC)OCC. The molecule has 0 fully saturated rings. The highest BCUT2D eigenvalue weighted by Crippen LogP contribution is 2.15. The van der Waals surface area contributed by atoms with Crippen LogP contribution in [0.5, 0.6) is 0 Å². The molecule has 0 bridgehead atoms. The average molecular weight is 221 g/mol. The van der Waals surface area contributed by atoms with Gasteiger partial charge in [0.2, 0.25) is 0 Å². The van der Waals surface area contributed by atoms with E-state index in [4.69, 9.17) is 19.0 Å². The second-order valence-electron chi connectivity index (χ2n) is 2.94. The Morgan fingerprint density at radius 1 is 1.00 bits per heavy atom. The first-order valence-corrected chi connectivity index (χ1v) is 7.29. The zero-order chi connectivity index (χ0) is 10.9. The molecule has 5 heteroatoms. The predicted octanol–water partition coefficient (Wildman–Crippen LogP) is 1.38. The molecule has 4 nitrogen and oxygen atoms in total. The molecule has 0 aromatic carbocycles. The second-order valence-corrected chi connectivity index (χ2v) is 5.67. The summed E-state index contributed by atoms with van der Waals surface area (Å²) in [6.07, 6.45) is 0.972. The maximum atomic E-state index is 5.71. The molecule has 86 valence electrons. The fourth-order valence-electron chi connectivity index (χ4n) is 1.22. The first-order chi connectivity index (χ1) is 6.74. The summed E-state index contributed by atoms with van der Waals surface area (Å²) in [6, 6.07) is 0.703. The van der Waals surface area contributed by atoms with E-state index in [0.717, 1.165) is 6.42 Å². The molecule has 0 unspecified atom stereocenters. The Morgan fingerprint density at radius 2 is 1.57 bits per heavy atom. The van der Waals surface area contributed by atoms with Gasteiger partial charge in [-0.1, -0.05) is 6.92 Å². The molecule has 0 atom stereocenters. The summed E-state index contributed by atoms with van der Waals surface area (Å²) in [4.78, 5) is 0. The van der Waals surface area contributed by atoms with Crippen LogP contribution in [0, 0.1) is 0 Å². The van der Waals surface area contributed by atoms with Crippen molar-refractivity contribution >= 4 is 8.80 Å². The van der Waals surface area contributed by atoms with Gasteiger partial charge in [-0.2, -0.15) is 0 Å². The van der Waals surface area contributed by atoms with Crippen molar-refractivity contribution in [1.82, 2.24) is 0 Å². The number of nitrogens with two attached hydrogens (primary N) is 1. The van der Waals surface area contributed by atoms with Gasteiger partial charge in [-0.3, -0.25) is 0 Å². The third kappa shape index (κ3) is 5.07.